The molecule has 2 N–H and O–H groups in total. The molecule has 2 nitrogen and oxygen atoms in total. The first-order chi connectivity index (χ1) is 10.8. The Labute approximate surface area is 131 Å². The van der Waals surface area contributed by atoms with E-state index >= 15 is 0 Å². The van der Waals surface area contributed by atoms with Crippen molar-refractivity contribution in [1.82, 2.24) is 0 Å². The molecule has 2 aromatic rings. The molecule has 3 heteroatoms. The Kier molecular flexibility index (Phi) is 4.74. The van der Waals surface area contributed by atoms with Gasteiger partial charge in [0.2, 0.25) is 0 Å². The van der Waals surface area contributed by atoms with Crippen LogP contribution in [0.4, 0.5) is 4.39 Å². The zero-order valence-electron chi connectivity index (χ0n) is 12.7. The van der Waals surface area contributed by atoms with Gasteiger partial charge in [0.05, 0.1) is 6.61 Å². The fourth-order valence-electron chi connectivity index (χ4n) is 3.11. The van der Waals surface area contributed by atoms with Crippen LogP contribution in [0.2, 0.25) is 0 Å². The number of rotatable bonds is 6. The normalized spacial score (nSPS) is 14.6. The minimum Gasteiger partial charge on any atom is -0.494 e. The molecule has 0 bridgehead atoms. The standard InChI is InChI=1S/C19H22FNO/c20-18-7-4-15(5-8-18)17(13-21)10-11-22-19-9-6-14-2-1-3-16(14)12-19/h4-9,12,17H,1-3,10-11,13,21H2. The first-order valence-corrected chi connectivity index (χ1v) is 7.96. The minimum atomic E-state index is -0.214. The average molecular weight is 299 g/mol. The third-order valence-electron chi connectivity index (χ3n) is 4.43. The summed E-state index contributed by atoms with van der Waals surface area (Å²) >= 11 is 0. The van der Waals surface area contributed by atoms with Crippen molar-refractivity contribution in [1.29, 1.82) is 0 Å². The summed E-state index contributed by atoms with van der Waals surface area (Å²) in [4.78, 5) is 0. The van der Waals surface area contributed by atoms with Gasteiger partial charge in [-0.1, -0.05) is 18.2 Å². The molecule has 1 aliphatic carbocycles. The predicted molar refractivity (Wildman–Crippen MR) is 86.8 cm³/mol. The van der Waals surface area contributed by atoms with Gasteiger partial charge in [0.25, 0.3) is 0 Å². The Morgan fingerprint density at radius 3 is 2.59 bits per heavy atom. The molecule has 1 aliphatic rings. The van der Waals surface area contributed by atoms with Crippen LogP contribution in [-0.4, -0.2) is 13.2 Å². The Morgan fingerprint density at radius 2 is 1.82 bits per heavy atom. The van der Waals surface area contributed by atoms with Crippen molar-refractivity contribution in [3.8, 4) is 5.75 Å². The number of benzene rings is 2. The quantitative estimate of drug-likeness (QED) is 0.880. The molecule has 0 saturated heterocycles. The summed E-state index contributed by atoms with van der Waals surface area (Å²) < 4.78 is 18.9. The summed E-state index contributed by atoms with van der Waals surface area (Å²) in [6, 6.07) is 13.0. The van der Waals surface area contributed by atoms with Gasteiger partial charge in [0.15, 0.2) is 0 Å². The van der Waals surface area contributed by atoms with Crippen molar-refractivity contribution in [2.75, 3.05) is 13.2 Å². The maximum atomic E-state index is 13.0. The highest BCUT2D eigenvalue weighted by molar-refractivity contribution is 5.38. The van der Waals surface area contributed by atoms with Gasteiger partial charge in [0.1, 0.15) is 11.6 Å². The summed E-state index contributed by atoms with van der Waals surface area (Å²) in [5, 5.41) is 0. The maximum absolute atomic E-state index is 13.0. The molecule has 0 aromatic heterocycles. The second-order valence-electron chi connectivity index (χ2n) is 5.91. The van der Waals surface area contributed by atoms with E-state index in [1.807, 2.05) is 12.1 Å². The van der Waals surface area contributed by atoms with Crippen LogP contribution in [0.15, 0.2) is 42.5 Å². The lowest BCUT2D eigenvalue weighted by Crippen LogP contribution is -2.15. The molecular weight excluding hydrogens is 277 g/mol. The van der Waals surface area contributed by atoms with E-state index in [1.165, 1.54) is 36.1 Å². The van der Waals surface area contributed by atoms with Crippen molar-refractivity contribution in [3.63, 3.8) is 0 Å². The smallest absolute Gasteiger partial charge is 0.123 e. The molecule has 116 valence electrons. The minimum absolute atomic E-state index is 0.204. The van der Waals surface area contributed by atoms with E-state index in [-0.39, 0.29) is 11.7 Å². The number of hydrogen-bond donors (Lipinski definition) is 1. The Hall–Kier alpha value is -1.87. The third kappa shape index (κ3) is 3.47. The SMILES string of the molecule is NCC(CCOc1ccc2c(c1)CCC2)c1ccc(F)cc1. The molecule has 1 unspecified atom stereocenters. The van der Waals surface area contributed by atoms with Crippen LogP contribution in [0.5, 0.6) is 5.75 Å². The summed E-state index contributed by atoms with van der Waals surface area (Å²) in [6.07, 6.45) is 4.43. The van der Waals surface area contributed by atoms with Gasteiger partial charge in [-0.2, -0.15) is 0 Å². The number of halogens is 1. The van der Waals surface area contributed by atoms with E-state index in [0.717, 1.165) is 24.2 Å². The van der Waals surface area contributed by atoms with Crippen LogP contribution >= 0.6 is 0 Å². The van der Waals surface area contributed by atoms with Gasteiger partial charge in [-0.15, -0.1) is 0 Å². The first-order valence-electron chi connectivity index (χ1n) is 7.96. The lowest BCUT2D eigenvalue weighted by atomic mass is 9.96. The van der Waals surface area contributed by atoms with Crippen LogP contribution in [0.1, 0.15) is 35.4 Å². The predicted octanol–water partition coefficient (Wildman–Crippen LogP) is 3.83. The second-order valence-corrected chi connectivity index (χ2v) is 5.91. The highest BCUT2D eigenvalue weighted by atomic mass is 19.1. The molecular formula is C19H22FNO. The lowest BCUT2D eigenvalue weighted by Gasteiger charge is -2.16. The van der Waals surface area contributed by atoms with Crippen molar-refractivity contribution < 1.29 is 9.13 Å². The first kappa shape index (κ1) is 15.0. The third-order valence-corrected chi connectivity index (χ3v) is 4.43. The second kappa shape index (κ2) is 6.93. The average Bonchev–Trinajstić information content (AvgIpc) is 3.00. The van der Waals surface area contributed by atoms with Gasteiger partial charge in [-0.05, 0) is 79.1 Å². The highest BCUT2D eigenvalue weighted by Crippen LogP contribution is 2.26. The lowest BCUT2D eigenvalue weighted by molar-refractivity contribution is 0.298. The fourth-order valence-corrected chi connectivity index (χ4v) is 3.11. The molecule has 0 fully saturated rings. The largest absolute Gasteiger partial charge is 0.494 e. The van der Waals surface area contributed by atoms with E-state index in [9.17, 15) is 4.39 Å². The molecule has 0 aliphatic heterocycles. The number of ether oxygens (including phenoxy) is 1. The Morgan fingerprint density at radius 1 is 1.05 bits per heavy atom. The van der Waals surface area contributed by atoms with Crippen LogP contribution < -0.4 is 10.5 Å². The molecule has 0 amide bonds. The van der Waals surface area contributed by atoms with Crippen molar-refractivity contribution in [2.24, 2.45) is 5.73 Å². The molecule has 1 atom stereocenters. The summed E-state index contributed by atoms with van der Waals surface area (Å²) in [7, 11) is 0. The van der Waals surface area contributed by atoms with E-state index < -0.39 is 0 Å². The Bertz CT molecular complexity index is 624. The van der Waals surface area contributed by atoms with Crippen LogP contribution in [0, 0.1) is 5.82 Å². The van der Waals surface area contributed by atoms with Gasteiger partial charge >= 0.3 is 0 Å². The molecule has 0 radical (unpaired) electrons. The molecule has 0 saturated carbocycles. The molecule has 0 heterocycles. The maximum Gasteiger partial charge on any atom is 0.123 e. The van der Waals surface area contributed by atoms with E-state index in [2.05, 4.69) is 18.2 Å². The van der Waals surface area contributed by atoms with Crippen molar-refractivity contribution in [3.05, 3.63) is 65.0 Å². The van der Waals surface area contributed by atoms with Gasteiger partial charge < -0.3 is 10.5 Å². The van der Waals surface area contributed by atoms with Crippen molar-refractivity contribution in [2.45, 2.75) is 31.6 Å². The molecule has 2 aromatic carbocycles. The molecule has 3 rings (SSSR count). The Balaban J connectivity index is 1.56. The highest BCUT2D eigenvalue weighted by Gasteiger charge is 2.13. The van der Waals surface area contributed by atoms with Gasteiger partial charge in [-0.3, -0.25) is 0 Å². The zero-order valence-corrected chi connectivity index (χ0v) is 12.7. The van der Waals surface area contributed by atoms with Crippen LogP contribution in [-0.2, 0) is 12.8 Å². The van der Waals surface area contributed by atoms with E-state index in [4.69, 9.17) is 10.5 Å². The van der Waals surface area contributed by atoms with Gasteiger partial charge in [0, 0.05) is 0 Å². The van der Waals surface area contributed by atoms with Crippen LogP contribution in [0.25, 0.3) is 0 Å². The topological polar surface area (TPSA) is 35.2 Å². The number of nitrogens with two attached hydrogens (primary N) is 1. The van der Waals surface area contributed by atoms with Crippen LogP contribution in [0.3, 0.4) is 0 Å². The molecule has 22 heavy (non-hydrogen) atoms. The summed E-state index contributed by atoms with van der Waals surface area (Å²) in [5.74, 6) is 0.930. The molecule has 0 spiro atoms. The van der Waals surface area contributed by atoms with Gasteiger partial charge in [-0.25, -0.2) is 4.39 Å². The summed E-state index contributed by atoms with van der Waals surface area (Å²) in [6.45, 7) is 1.16. The zero-order chi connectivity index (χ0) is 15.4. The van der Waals surface area contributed by atoms with E-state index in [0.29, 0.717) is 13.2 Å². The summed E-state index contributed by atoms with van der Waals surface area (Å²) in [5.41, 5.74) is 9.80. The number of hydrogen-bond acceptors (Lipinski definition) is 2. The van der Waals surface area contributed by atoms with E-state index in [1.54, 1.807) is 0 Å². The number of fused-ring (bicyclic) bond motifs is 1. The van der Waals surface area contributed by atoms with Crippen molar-refractivity contribution >= 4 is 0 Å². The fraction of sp³-hybridized carbons (Fsp3) is 0.368. The monoisotopic (exact) mass is 299 g/mol. The number of aryl methyl sites for hydroxylation is 2.